The summed E-state index contributed by atoms with van der Waals surface area (Å²) in [6, 6.07) is 4.44. The van der Waals surface area contributed by atoms with Crippen LogP contribution < -0.4 is 0 Å². The van der Waals surface area contributed by atoms with Crippen LogP contribution in [0.4, 0.5) is 4.39 Å². The second-order valence-electron chi connectivity index (χ2n) is 5.83. The van der Waals surface area contributed by atoms with E-state index in [4.69, 9.17) is 0 Å². The molecule has 2 fully saturated rings. The fraction of sp³-hybridized carbons (Fsp3) is 0.500. The van der Waals surface area contributed by atoms with Gasteiger partial charge in [-0.05, 0) is 49.4 Å². The van der Waals surface area contributed by atoms with E-state index in [1.165, 1.54) is 12.1 Å². The molecule has 21 heavy (non-hydrogen) atoms. The highest BCUT2D eigenvalue weighted by molar-refractivity contribution is 5.95. The molecular weight excluding hydrogens is 271 g/mol. The van der Waals surface area contributed by atoms with E-state index in [9.17, 15) is 14.0 Å². The maximum atomic E-state index is 13.1. The van der Waals surface area contributed by atoms with Crippen molar-refractivity contribution in [1.82, 2.24) is 9.80 Å². The Hall–Kier alpha value is -1.91. The average Bonchev–Trinajstić information content (AvgIpc) is 2.93. The summed E-state index contributed by atoms with van der Waals surface area (Å²) in [7, 11) is 0. The zero-order valence-electron chi connectivity index (χ0n) is 12.1. The molecular formula is C16H19FN2O2. The highest BCUT2D eigenvalue weighted by atomic mass is 19.1. The number of benzene rings is 1. The lowest BCUT2D eigenvalue weighted by Crippen LogP contribution is -2.57. The standard InChI is InChI=1S/C16H19FN2O2/c1-11-9-13(17)5-4-12(11)6-8-18-10-15(20)19-7-2-3-14(19)16(18)21/h4-5,9,14H,2-3,6-8,10H2,1H3. The monoisotopic (exact) mass is 290 g/mol. The van der Waals surface area contributed by atoms with Gasteiger partial charge in [-0.25, -0.2) is 4.39 Å². The molecule has 4 nitrogen and oxygen atoms in total. The Kier molecular flexibility index (Phi) is 3.66. The molecule has 1 atom stereocenters. The van der Waals surface area contributed by atoms with Gasteiger partial charge in [0.15, 0.2) is 0 Å². The molecule has 2 amide bonds. The Balaban J connectivity index is 1.67. The number of amides is 2. The minimum atomic E-state index is -0.249. The minimum absolute atomic E-state index is 0.0490. The molecule has 0 bridgehead atoms. The van der Waals surface area contributed by atoms with Gasteiger partial charge in [0.1, 0.15) is 11.9 Å². The van der Waals surface area contributed by atoms with E-state index < -0.39 is 0 Å². The van der Waals surface area contributed by atoms with Crippen LogP contribution in [0.5, 0.6) is 0 Å². The molecule has 1 unspecified atom stereocenters. The summed E-state index contributed by atoms with van der Waals surface area (Å²) in [5.74, 6) is -0.137. The lowest BCUT2D eigenvalue weighted by Gasteiger charge is -2.36. The largest absolute Gasteiger partial charge is 0.331 e. The molecule has 1 aromatic rings. The smallest absolute Gasteiger partial charge is 0.245 e. The van der Waals surface area contributed by atoms with Crippen molar-refractivity contribution in [3.63, 3.8) is 0 Å². The van der Waals surface area contributed by atoms with E-state index in [1.54, 1.807) is 15.9 Å². The third-order valence-electron chi connectivity index (χ3n) is 4.45. The van der Waals surface area contributed by atoms with Crippen molar-refractivity contribution in [3.8, 4) is 0 Å². The van der Waals surface area contributed by atoms with Crippen LogP contribution in [0.2, 0.25) is 0 Å². The number of fused-ring (bicyclic) bond motifs is 1. The van der Waals surface area contributed by atoms with Crippen LogP contribution in [-0.2, 0) is 16.0 Å². The molecule has 0 spiro atoms. The Morgan fingerprint density at radius 2 is 2.14 bits per heavy atom. The van der Waals surface area contributed by atoms with E-state index in [0.29, 0.717) is 19.5 Å². The molecule has 0 radical (unpaired) electrons. The second-order valence-corrected chi connectivity index (χ2v) is 5.83. The summed E-state index contributed by atoms with van der Waals surface area (Å²) in [5.41, 5.74) is 1.90. The van der Waals surface area contributed by atoms with Gasteiger partial charge in [0, 0.05) is 13.1 Å². The quantitative estimate of drug-likeness (QED) is 0.846. The van der Waals surface area contributed by atoms with Crippen molar-refractivity contribution in [2.24, 2.45) is 0 Å². The van der Waals surface area contributed by atoms with Gasteiger partial charge in [-0.3, -0.25) is 9.59 Å². The molecule has 2 aliphatic heterocycles. The van der Waals surface area contributed by atoms with E-state index in [0.717, 1.165) is 24.0 Å². The fourth-order valence-corrected chi connectivity index (χ4v) is 3.25. The zero-order chi connectivity index (χ0) is 15.0. The van der Waals surface area contributed by atoms with Crippen LogP contribution in [-0.4, -0.2) is 47.3 Å². The predicted molar refractivity (Wildman–Crippen MR) is 76.2 cm³/mol. The molecule has 3 rings (SSSR count). The number of aryl methyl sites for hydroxylation is 1. The first kappa shape index (κ1) is 14.0. The normalized spacial score (nSPS) is 21.9. The third kappa shape index (κ3) is 2.64. The Morgan fingerprint density at radius 3 is 2.90 bits per heavy atom. The maximum absolute atomic E-state index is 13.1. The highest BCUT2D eigenvalue weighted by Crippen LogP contribution is 2.24. The lowest BCUT2D eigenvalue weighted by atomic mass is 10.0. The fourth-order valence-electron chi connectivity index (χ4n) is 3.25. The molecule has 0 aromatic heterocycles. The maximum Gasteiger partial charge on any atom is 0.245 e. The van der Waals surface area contributed by atoms with E-state index in [-0.39, 0.29) is 30.2 Å². The number of hydrogen-bond donors (Lipinski definition) is 0. The molecule has 112 valence electrons. The van der Waals surface area contributed by atoms with Crippen LogP contribution in [0.15, 0.2) is 18.2 Å². The summed E-state index contributed by atoms with van der Waals surface area (Å²) in [6.07, 6.45) is 2.33. The van der Waals surface area contributed by atoms with Gasteiger partial charge in [-0.15, -0.1) is 0 Å². The van der Waals surface area contributed by atoms with Crippen LogP contribution >= 0.6 is 0 Å². The minimum Gasteiger partial charge on any atom is -0.331 e. The first-order valence-corrected chi connectivity index (χ1v) is 7.39. The van der Waals surface area contributed by atoms with Gasteiger partial charge < -0.3 is 9.80 Å². The molecule has 2 saturated heterocycles. The molecule has 5 heteroatoms. The molecule has 0 aliphatic carbocycles. The van der Waals surface area contributed by atoms with Gasteiger partial charge in [0.25, 0.3) is 0 Å². The van der Waals surface area contributed by atoms with Crippen molar-refractivity contribution in [3.05, 3.63) is 35.1 Å². The topological polar surface area (TPSA) is 40.6 Å². The number of piperazine rings is 1. The van der Waals surface area contributed by atoms with Gasteiger partial charge in [-0.1, -0.05) is 6.07 Å². The molecule has 0 N–H and O–H groups in total. The Bertz CT molecular complexity index is 588. The van der Waals surface area contributed by atoms with Gasteiger partial charge in [-0.2, -0.15) is 0 Å². The van der Waals surface area contributed by atoms with E-state index in [1.807, 2.05) is 6.92 Å². The SMILES string of the molecule is Cc1cc(F)ccc1CCN1CC(=O)N2CCCC2C1=O. The number of halogens is 1. The lowest BCUT2D eigenvalue weighted by molar-refractivity contribution is -0.153. The number of carbonyl (C=O) groups excluding carboxylic acids is 2. The van der Waals surface area contributed by atoms with Crippen LogP contribution in [0.25, 0.3) is 0 Å². The number of nitrogens with zero attached hydrogens (tertiary/aromatic N) is 2. The van der Waals surface area contributed by atoms with Crippen molar-refractivity contribution in [1.29, 1.82) is 0 Å². The summed E-state index contributed by atoms with van der Waals surface area (Å²) >= 11 is 0. The predicted octanol–water partition coefficient (Wildman–Crippen LogP) is 1.51. The molecule has 1 aromatic carbocycles. The van der Waals surface area contributed by atoms with Crippen molar-refractivity contribution in [2.75, 3.05) is 19.6 Å². The Morgan fingerprint density at radius 1 is 1.33 bits per heavy atom. The first-order chi connectivity index (χ1) is 10.1. The third-order valence-corrected chi connectivity index (χ3v) is 4.45. The van der Waals surface area contributed by atoms with Gasteiger partial charge in [0.2, 0.25) is 11.8 Å². The highest BCUT2D eigenvalue weighted by Gasteiger charge is 2.41. The molecule has 2 aliphatic rings. The van der Waals surface area contributed by atoms with Crippen molar-refractivity contribution in [2.45, 2.75) is 32.2 Å². The van der Waals surface area contributed by atoms with Crippen LogP contribution in [0, 0.1) is 12.7 Å². The zero-order valence-corrected chi connectivity index (χ0v) is 12.1. The van der Waals surface area contributed by atoms with Gasteiger partial charge in [0.05, 0.1) is 6.54 Å². The summed E-state index contributed by atoms with van der Waals surface area (Å²) in [4.78, 5) is 27.8. The van der Waals surface area contributed by atoms with Crippen LogP contribution in [0.3, 0.4) is 0 Å². The first-order valence-electron chi connectivity index (χ1n) is 7.39. The second kappa shape index (κ2) is 5.47. The van der Waals surface area contributed by atoms with E-state index in [2.05, 4.69) is 0 Å². The number of rotatable bonds is 3. The number of carbonyl (C=O) groups is 2. The molecule has 0 saturated carbocycles. The van der Waals surface area contributed by atoms with Crippen LogP contribution in [0.1, 0.15) is 24.0 Å². The summed E-state index contributed by atoms with van der Waals surface area (Å²) < 4.78 is 13.1. The summed E-state index contributed by atoms with van der Waals surface area (Å²) in [5, 5.41) is 0. The van der Waals surface area contributed by atoms with Crippen molar-refractivity contribution >= 4 is 11.8 Å². The average molecular weight is 290 g/mol. The van der Waals surface area contributed by atoms with E-state index >= 15 is 0 Å². The Labute approximate surface area is 123 Å². The van der Waals surface area contributed by atoms with Gasteiger partial charge >= 0.3 is 0 Å². The summed E-state index contributed by atoms with van der Waals surface area (Å²) in [6.45, 7) is 3.26. The molecule has 2 heterocycles. The number of hydrogen-bond acceptors (Lipinski definition) is 2. The van der Waals surface area contributed by atoms with Crippen molar-refractivity contribution < 1.29 is 14.0 Å².